The van der Waals surface area contributed by atoms with E-state index in [1.165, 1.54) is 17.9 Å². The topological polar surface area (TPSA) is 171 Å². The lowest BCUT2D eigenvalue weighted by Crippen LogP contribution is -2.67. The summed E-state index contributed by atoms with van der Waals surface area (Å²) in [7, 11) is 1.42. The van der Waals surface area contributed by atoms with Crippen LogP contribution < -0.4 is 21.7 Å². The number of carboxylic acid groups (broad SMARTS) is 1. The van der Waals surface area contributed by atoms with Gasteiger partial charge in [-0.2, -0.15) is 4.98 Å². The first-order valence-corrected chi connectivity index (χ1v) is 7.97. The lowest BCUT2D eigenvalue weighted by atomic mass is 9.76. The minimum absolute atomic E-state index is 0.0505. The first-order valence-electron chi connectivity index (χ1n) is 7.97. The molecule has 144 valence electrons. The molecule has 5 N–H and O–H groups in total. The van der Waals surface area contributed by atoms with Crippen molar-refractivity contribution in [2.24, 2.45) is 5.41 Å². The van der Waals surface area contributed by atoms with Crippen LogP contribution in [-0.2, 0) is 16.3 Å². The molecule has 26 heavy (non-hydrogen) atoms. The van der Waals surface area contributed by atoms with E-state index in [1.807, 2.05) is 0 Å². The molecule has 1 unspecified atom stereocenters. The number of imidazole rings is 1. The first kappa shape index (κ1) is 19.8. The van der Waals surface area contributed by atoms with E-state index < -0.39 is 28.8 Å². The Labute approximate surface area is 149 Å². The fourth-order valence-electron chi connectivity index (χ4n) is 3.16. The molecular formula is C15H23N6O5-. The van der Waals surface area contributed by atoms with Crippen LogP contribution in [0.5, 0.6) is 0 Å². The van der Waals surface area contributed by atoms with E-state index in [2.05, 4.69) is 20.3 Å². The van der Waals surface area contributed by atoms with Crippen LogP contribution in [0.3, 0.4) is 0 Å². The minimum atomic E-state index is -1.91. The molecule has 0 aliphatic carbocycles. The number of aliphatic hydroxyl groups is 1. The number of nitrogens with zero attached hydrogens (tertiary/aromatic N) is 3. The molecule has 2 heterocycles. The number of nitrogen functional groups attached to an aromatic ring is 1. The summed E-state index contributed by atoms with van der Waals surface area (Å²) < 4.78 is 7.04. The van der Waals surface area contributed by atoms with Gasteiger partial charge < -0.3 is 25.5 Å². The fourth-order valence-corrected chi connectivity index (χ4v) is 3.16. The summed E-state index contributed by atoms with van der Waals surface area (Å²) in [6.45, 7) is 4.54. The summed E-state index contributed by atoms with van der Waals surface area (Å²) in [6, 6.07) is 0. The Morgan fingerprint density at radius 3 is 2.77 bits per heavy atom. The number of carbonyl (C=O) groups excluding carboxylic acids is 1. The predicted molar refractivity (Wildman–Crippen MR) is 90.5 cm³/mol. The average Bonchev–Trinajstić information content (AvgIpc) is 2.89. The third kappa shape index (κ3) is 3.41. The van der Waals surface area contributed by atoms with E-state index in [1.54, 1.807) is 20.8 Å². The molecule has 2 rings (SSSR count). The van der Waals surface area contributed by atoms with Gasteiger partial charge in [-0.1, -0.05) is 13.8 Å². The quantitative estimate of drug-likeness (QED) is 0.390. The van der Waals surface area contributed by atoms with Crippen LogP contribution in [0.1, 0.15) is 27.2 Å². The number of fused-ring (bicyclic) bond motifs is 1. The standard InChI is InChI=1S/C15H24N6O5/c1-8(22)5-14(2,3)15(17-4,12(24)25)26-7-21-6-18-9-10(21)19-13(16)20-11(9)23/h6,8,17,22H,5,7H2,1-4H3,(H,24,25)(H3,16,19,20,23)/p-1/t8-,15?/m1/s1. The van der Waals surface area contributed by atoms with Crippen LogP contribution in [0.2, 0.25) is 0 Å². The van der Waals surface area contributed by atoms with Crippen molar-refractivity contribution in [1.29, 1.82) is 0 Å². The molecule has 0 aliphatic rings. The number of anilines is 1. The molecule has 0 fully saturated rings. The van der Waals surface area contributed by atoms with Crippen molar-refractivity contribution in [3.05, 3.63) is 16.7 Å². The number of carboxylic acids is 1. The SMILES string of the molecule is CNC(OCn1cnc2c(=O)[nH]c(N)nc21)(C(=O)[O-])C(C)(C)C[C@@H](C)O. The molecule has 0 spiro atoms. The molecule has 0 radical (unpaired) electrons. The molecule has 0 aliphatic heterocycles. The molecule has 0 bridgehead atoms. The number of rotatable bonds is 8. The number of hydrogen-bond acceptors (Lipinski definition) is 9. The maximum atomic E-state index is 11.9. The molecule has 0 aromatic carbocycles. The number of nitrogens with one attached hydrogen (secondary N) is 2. The number of nitrogens with two attached hydrogens (primary N) is 1. The first-order chi connectivity index (χ1) is 12.0. The number of aromatic nitrogens is 4. The van der Waals surface area contributed by atoms with Crippen molar-refractivity contribution >= 4 is 23.1 Å². The van der Waals surface area contributed by atoms with Crippen LogP contribution in [0.25, 0.3) is 11.2 Å². The number of aliphatic carboxylic acids is 1. The Morgan fingerprint density at radius 2 is 2.23 bits per heavy atom. The van der Waals surface area contributed by atoms with Gasteiger partial charge in [0.2, 0.25) is 5.95 Å². The van der Waals surface area contributed by atoms with Crippen LogP contribution in [0.4, 0.5) is 5.95 Å². The second-order valence-electron chi connectivity index (χ2n) is 6.77. The Morgan fingerprint density at radius 1 is 1.58 bits per heavy atom. The number of H-pyrrole nitrogens is 1. The van der Waals surface area contributed by atoms with Gasteiger partial charge in [0.25, 0.3) is 5.56 Å². The molecule has 2 aromatic rings. The highest BCUT2D eigenvalue weighted by atomic mass is 16.6. The van der Waals surface area contributed by atoms with Crippen molar-refractivity contribution in [3.8, 4) is 0 Å². The van der Waals surface area contributed by atoms with Gasteiger partial charge in [-0.05, 0) is 20.4 Å². The summed E-state index contributed by atoms with van der Waals surface area (Å²) in [5.74, 6) is -1.58. The van der Waals surface area contributed by atoms with E-state index in [9.17, 15) is 19.8 Å². The van der Waals surface area contributed by atoms with Crippen molar-refractivity contribution in [2.45, 2.75) is 45.8 Å². The Hall–Kier alpha value is -2.50. The highest BCUT2D eigenvalue weighted by Crippen LogP contribution is 2.36. The summed E-state index contributed by atoms with van der Waals surface area (Å²) >= 11 is 0. The Kier molecular flexibility index (Phi) is 5.35. The number of aromatic amines is 1. The summed E-state index contributed by atoms with van der Waals surface area (Å²) in [5, 5.41) is 24.3. The van der Waals surface area contributed by atoms with E-state index in [-0.39, 0.29) is 30.3 Å². The van der Waals surface area contributed by atoms with E-state index in [4.69, 9.17) is 10.5 Å². The molecule has 0 saturated heterocycles. The van der Waals surface area contributed by atoms with Crippen molar-refractivity contribution in [2.75, 3.05) is 12.8 Å². The fraction of sp³-hybridized carbons (Fsp3) is 0.600. The number of ether oxygens (including phenoxy) is 1. The van der Waals surface area contributed by atoms with Gasteiger partial charge in [-0.3, -0.25) is 19.7 Å². The van der Waals surface area contributed by atoms with E-state index in [0.29, 0.717) is 0 Å². The van der Waals surface area contributed by atoms with Crippen LogP contribution in [0, 0.1) is 5.41 Å². The zero-order valence-corrected chi connectivity index (χ0v) is 15.1. The van der Waals surface area contributed by atoms with Crippen LogP contribution in [-0.4, -0.2) is 49.5 Å². The molecular weight excluding hydrogens is 344 g/mol. The normalized spacial score (nSPS) is 15.7. The number of aliphatic hydroxyl groups excluding tert-OH is 1. The number of carbonyl (C=O) groups is 1. The van der Waals surface area contributed by atoms with Gasteiger partial charge in [0.05, 0.1) is 18.4 Å². The number of likely N-dealkylation sites (N-methyl/N-ethyl adjacent to an activating group) is 1. The van der Waals surface area contributed by atoms with Gasteiger partial charge >= 0.3 is 0 Å². The minimum Gasteiger partial charge on any atom is -0.545 e. The van der Waals surface area contributed by atoms with E-state index in [0.717, 1.165) is 0 Å². The number of hydrogen-bond donors (Lipinski definition) is 4. The second-order valence-corrected chi connectivity index (χ2v) is 6.77. The largest absolute Gasteiger partial charge is 0.545 e. The monoisotopic (exact) mass is 367 g/mol. The summed E-state index contributed by atoms with van der Waals surface area (Å²) in [4.78, 5) is 34.0. The smallest absolute Gasteiger partial charge is 0.280 e. The molecule has 0 amide bonds. The van der Waals surface area contributed by atoms with Crippen LogP contribution in [0.15, 0.2) is 11.1 Å². The maximum Gasteiger partial charge on any atom is 0.280 e. The van der Waals surface area contributed by atoms with Crippen molar-refractivity contribution < 1.29 is 19.7 Å². The highest BCUT2D eigenvalue weighted by molar-refractivity contribution is 5.76. The van der Waals surface area contributed by atoms with Gasteiger partial charge in [0.15, 0.2) is 16.9 Å². The maximum absolute atomic E-state index is 11.9. The highest BCUT2D eigenvalue weighted by Gasteiger charge is 2.47. The lowest BCUT2D eigenvalue weighted by molar-refractivity contribution is -0.342. The Bertz CT molecular complexity index is 858. The van der Waals surface area contributed by atoms with E-state index >= 15 is 0 Å². The predicted octanol–water partition coefficient (Wildman–Crippen LogP) is -1.86. The zero-order chi connectivity index (χ0) is 19.7. The van der Waals surface area contributed by atoms with Crippen molar-refractivity contribution in [1.82, 2.24) is 24.8 Å². The molecule has 2 atom stereocenters. The Balaban J connectivity index is 2.40. The summed E-state index contributed by atoms with van der Waals surface area (Å²) in [5.41, 5.74) is 2.29. The van der Waals surface area contributed by atoms with Crippen LogP contribution >= 0.6 is 0 Å². The molecule has 11 heteroatoms. The summed E-state index contributed by atoms with van der Waals surface area (Å²) in [6.07, 6.45) is 0.677. The molecule has 2 aromatic heterocycles. The third-order valence-corrected chi connectivity index (χ3v) is 4.31. The van der Waals surface area contributed by atoms with Gasteiger partial charge in [-0.25, -0.2) is 4.98 Å². The average molecular weight is 367 g/mol. The van der Waals surface area contributed by atoms with Gasteiger partial charge in [-0.15, -0.1) is 0 Å². The molecule has 11 nitrogen and oxygen atoms in total. The lowest BCUT2D eigenvalue weighted by Gasteiger charge is -2.47. The van der Waals surface area contributed by atoms with Gasteiger partial charge in [0.1, 0.15) is 6.73 Å². The second kappa shape index (κ2) is 7.02. The van der Waals surface area contributed by atoms with Crippen molar-refractivity contribution in [3.63, 3.8) is 0 Å². The molecule has 0 saturated carbocycles. The third-order valence-electron chi connectivity index (χ3n) is 4.31. The van der Waals surface area contributed by atoms with Gasteiger partial charge in [0, 0.05) is 5.41 Å². The zero-order valence-electron chi connectivity index (χ0n) is 15.1.